The van der Waals surface area contributed by atoms with E-state index in [1.165, 1.54) is 0 Å². The number of carbonyl (C=O) groups is 1. The molecule has 2 rings (SSSR count). The summed E-state index contributed by atoms with van der Waals surface area (Å²) in [5, 5.41) is 0. The van der Waals surface area contributed by atoms with Crippen LogP contribution in [0.15, 0.2) is 30.3 Å². The molecule has 2 N–H and O–H groups in total. The zero-order valence-electron chi connectivity index (χ0n) is 10.5. The average molecular weight is 248 g/mol. The van der Waals surface area contributed by atoms with E-state index in [0.717, 1.165) is 24.9 Å². The first kappa shape index (κ1) is 13.1. The maximum absolute atomic E-state index is 12.4. The summed E-state index contributed by atoms with van der Waals surface area (Å²) in [5.74, 6) is 0.0622. The van der Waals surface area contributed by atoms with Crippen LogP contribution in [0.4, 0.5) is 5.69 Å². The number of nitrogens with two attached hydrogens (primary N) is 1. The van der Waals surface area contributed by atoms with E-state index in [1.54, 1.807) is 4.90 Å². The lowest BCUT2D eigenvalue weighted by Gasteiger charge is -2.25. The van der Waals surface area contributed by atoms with Gasteiger partial charge >= 0.3 is 0 Å². The van der Waals surface area contributed by atoms with Crippen molar-refractivity contribution in [3.05, 3.63) is 30.3 Å². The van der Waals surface area contributed by atoms with Gasteiger partial charge in [0.05, 0.1) is 0 Å². The van der Waals surface area contributed by atoms with Gasteiger partial charge < -0.3 is 15.4 Å². The molecule has 0 bridgehead atoms. The summed E-state index contributed by atoms with van der Waals surface area (Å²) in [6.07, 6.45) is 2.32. The van der Waals surface area contributed by atoms with Gasteiger partial charge in [0, 0.05) is 18.8 Å². The van der Waals surface area contributed by atoms with Gasteiger partial charge in [0.15, 0.2) is 0 Å². The Kier molecular flexibility index (Phi) is 4.73. The number of para-hydroxylation sites is 1. The third kappa shape index (κ3) is 3.09. The van der Waals surface area contributed by atoms with E-state index in [9.17, 15) is 4.79 Å². The van der Waals surface area contributed by atoms with Crippen LogP contribution in [0, 0.1) is 0 Å². The fourth-order valence-corrected chi connectivity index (χ4v) is 2.17. The average Bonchev–Trinajstić information content (AvgIpc) is 2.94. The molecule has 4 nitrogen and oxygen atoms in total. The number of carbonyl (C=O) groups excluding carboxylic acids is 1. The number of amides is 1. The number of rotatable bonds is 5. The first-order valence-electron chi connectivity index (χ1n) is 6.51. The smallest absolute Gasteiger partial charge is 0.256 e. The van der Waals surface area contributed by atoms with Crippen LogP contribution in [0.2, 0.25) is 0 Å². The van der Waals surface area contributed by atoms with E-state index in [-0.39, 0.29) is 12.0 Å². The van der Waals surface area contributed by atoms with Gasteiger partial charge in [-0.25, -0.2) is 0 Å². The molecular formula is C14H20N2O2. The molecule has 1 amide bonds. The molecule has 1 atom stereocenters. The first-order valence-corrected chi connectivity index (χ1v) is 6.51. The van der Waals surface area contributed by atoms with Crippen molar-refractivity contribution < 1.29 is 9.53 Å². The Morgan fingerprint density at radius 2 is 2.17 bits per heavy atom. The predicted molar refractivity (Wildman–Crippen MR) is 71.4 cm³/mol. The van der Waals surface area contributed by atoms with Gasteiger partial charge in [-0.15, -0.1) is 0 Å². The molecule has 0 aromatic heterocycles. The van der Waals surface area contributed by atoms with Crippen molar-refractivity contribution in [3.8, 4) is 0 Å². The fraction of sp³-hybridized carbons (Fsp3) is 0.500. The molecule has 0 aliphatic carbocycles. The summed E-state index contributed by atoms with van der Waals surface area (Å²) in [6, 6.07) is 9.72. The molecule has 1 aliphatic rings. The number of benzene rings is 1. The Bertz CT molecular complexity index is 375. The van der Waals surface area contributed by atoms with E-state index in [4.69, 9.17) is 10.5 Å². The lowest BCUT2D eigenvalue weighted by Crippen LogP contribution is -2.40. The molecule has 1 aliphatic heterocycles. The van der Waals surface area contributed by atoms with Crippen LogP contribution in [0.3, 0.4) is 0 Å². The van der Waals surface area contributed by atoms with Crippen LogP contribution >= 0.6 is 0 Å². The largest absolute Gasteiger partial charge is 0.368 e. The third-order valence-electron chi connectivity index (χ3n) is 3.12. The van der Waals surface area contributed by atoms with Crippen molar-refractivity contribution in [1.82, 2.24) is 0 Å². The van der Waals surface area contributed by atoms with E-state index in [1.807, 2.05) is 30.3 Å². The highest BCUT2D eigenvalue weighted by atomic mass is 16.5. The SMILES string of the molecule is NCCCN(C(=O)C1CCCO1)c1ccccc1. The van der Waals surface area contributed by atoms with Crippen molar-refractivity contribution in [2.45, 2.75) is 25.4 Å². The van der Waals surface area contributed by atoms with Crippen LogP contribution in [0.5, 0.6) is 0 Å². The Labute approximate surface area is 108 Å². The maximum Gasteiger partial charge on any atom is 0.256 e. The maximum atomic E-state index is 12.4. The second-order valence-corrected chi connectivity index (χ2v) is 4.47. The highest BCUT2D eigenvalue weighted by Crippen LogP contribution is 2.20. The van der Waals surface area contributed by atoms with Crippen LogP contribution in [0.25, 0.3) is 0 Å². The lowest BCUT2D eigenvalue weighted by atomic mass is 10.2. The fourth-order valence-electron chi connectivity index (χ4n) is 2.17. The van der Waals surface area contributed by atoms with Crippen molar-refractivity contribution in [2.75, 3.05) is 24.6 Å². The van der Waals surface area contributed by atoms with Crippen LogP contribution in [-0.2, 0) is 9.53 Å². The molecule has 1 aromatic carbocycles. The minimum absolute atomic E-state index is 0.0622. The Morgan fingerprint density at radius 1 is 1.39 bits per heavy atom. The topological polar surface area (TPSA) is 55.6 Å². The predicted octanol–water partition coefficient (Wildman–Crippen LogP) is 1.55. The molecule has 1 aromatic rings. The quantitative estimate of drug-likeness (QED) is 0.860. The standard InChI is InChI=1S/C14H20N2O2/c15-9-5-10-16(12-6-2-1-3-7-12)14(17)13-8-4-11-18-13/h1-3,6-7,13H,4-5,8-11,15H2. The molecule has 1 heterocycles. The van der Waals surface area contributed by atoms with Crippen molar-refractivity contribution >= 4 is 11.6 Å². The van der Waals surface area contributed by atoms with Gasteiger partial charge in [0.1, 0.15) is 6.10 Å². The molecule has 4 heteroatoms. The molecular weight excluding hydrogens is 228 g/mol. The summed E-state index contributed by atoms with van der Waals surface area (Å²) in [6.45, 7) is 1.93. The van der Waals surface area contributed by atoms with Crippen molar-refractivity contribution in [2.24, 2.45) is 5.73 Å². The second kappa shape index (κ2) is 6.52. The number of hydrogen-bond acceptors (Lipinski definition) is 3. The molecule has 98 valence electrons. The molecule has 1 saturated heterocycles. The van der Waals surface area contributed by atoms with Crippen molar-refractivity contribution in [3.63, 3.8) is 0 Å². The number of nitrogens with zero attached hydrogens (tertiary/aromatic N) is 1. The number of anilines is 1. The first-order chi connectivity index (χ1) is 8.83. The second-order valence-electron chi connectivity index (χ2n) is 4.47. The minimum atomic E-state index is -0.275. The third-order valence-corrected chi connectivity index (χ3v) is 3.12. The summed E-state index contributed by atoms with van der Waals surface area (Å²) < 4.78 is 5.47. The van der Waals surface area contributed by atoms with Gasteiger partial charge in [-0.3, -0.25) is 4.79 Å². The Balaban J connectivity index is 2.11. The molecule has 0 radical (unpaired) electrons. The summed E-state index contributed by atoms with van der Waals surface area (Å²) in [5.41, 5.74) is 6.46. The number of ether oxygens (including phenoxy) is 1. The van der Waals surface area contributed by atoms with Gasteiger partial charge in [-0.1, -0.05) is 18.2 Å². The van der Waals surface area contributed by atoms with E-state index in [0.29, 0.717) is 19.7 Å². The molecule has 1 unspecified atom stereocenters. The lowest BCUT2D eigenvalue weighted by molar-refractivity contribution is -0.127. The van der Waals surface area contributed by atoms with Crippen LogP contribution in [0.1, 0.15) is 19.3 Å². The summed E-state index contributed by atoms with van der Waals surface area (Å²) >= 11 is 0. The van der Waals surface area contributed by atoms with Gasteiger partial charge in [0.2, 0.25) is 0 Å². The zero-order chi connectivity index (χ0) is 12.8. The molecule has 1 fully saturated rings. The Hall–Kier alpha value is -1.39. The van der Waals surface area contributed by atoms with E-state index in [2.05, 4.69) is 0 Å². The minimum Gasteiger partial charge on any atom is -0.368 e. The van der Waals surface area contributed by atoms with Crippen LogP contribution < -0.4 is 10.6 Å². The van der Waals surface area contributed by atoms with E-state index >= 15 is 0 Å². The monoisotopic (exact) mass is 248 g/mol. The van der Waals surface area contributed by atoms with Crippen molar-refractivity contribution in [1.29, 1.82) is 0 Å². The normalized spacial score (nSPS) is 18.8. The molecule has 0 spiro atoms. The summed E-state index contributed by atoms with van der Waals surface area (Å²) in [7, 11) is 0. The van der Waals surface area contributed by atoms with Crippen LogP contribution in [-0.4, -0.2) is 31.7 Å². The summed E-state index contributed by atoms with van der Waals surface area (Å²) in [4.78, 5) is 14.2. The molecule has 0 saturated carbocycles. The molecule has 18 heavy (non-hydrogen) atoms. The van der Waals surface area contributed by atoms with Gasteiger partial charge in [0.25, 0.3) is 5.91 Å². The Morgan fingerprint density at radius 3 is 2.78 bits per heavy atom. The number of hydrogen-bond donors (Lipinski definition) is 1. The zero-order valence-corrected chi connectivity index (χ0v) is 10.5. The highest BCUT2D eigenvalue weighted by molar-refractivity contribution is 5.96. The van der Waals surface area contributed by atoms with Gasteiger partial charge in [-0.2, -0.15) is 0 Å². The highest BCUT2D eigenvalue weighted by Gasteiger charge is 2.28. The van der Waals surface area contributed by atoms with E-state index < -0.39 is 0 Å². The van der Waals surface area contributed by atoms with Gasteiger partial charge in [-0.05, 0) is 37.9 Å².